The first-order valence-corrected chi connectivity index (χ1v) is 9.08. The summed E-state index contributed by atoms with van der Waals surface area (Å²) in [6.07, 6.45) is 4.62. The Morgan fingerprint density at radius 2 is 2.21 bits per heavy atom. The molecule has 2 heterocycles. The molecule has 0 aliphatic heterocycles. The Morgan fingerprint density at radius 3 is 2.92 bits per heavy atom. The molecule has 0 radical (unpaired) electrons. The second-order valence-electron chi connectivity index (χ2n) is 6.30. The van der Waals surface area contributed by atoms with Crippen LogP contribution >= 0.6 is 11.3 Å². The summed E-state index contributed by atoms with van der Waals surface area (Å²) in [6.45, 7) is 4.09. The van der Waals surface area contributed by atoms with Crippen LogP contribution in [0.15, 0.2) is 12.1 Å². The maximum atomic E-state index is 12.2. The lowest BCUT2D eigenvalue weighted by molar-refractivity contribution is -0.121. The third kappa shape index (κ3) is 3.84. The van der Waals surface area contributed by atoms with Crippen molar-refractivity contribution >= 4 is 23.2 Å². The number of nitrogens with one attached hydrogen (secondary N) is 3. The van der Waals surface area contributed by atoms with Crippen molar-refractivity contribution in [1.29, 1.82) is 0 Å². The largest absolute Gasteiger partial charge is 0.283 e. The van der Waals surface area contributed by atoms with Crippen LogP contribution in [-0.4, -0.2) is 22.0 Å². The normalized spacial score (nSPS) is 16.5. The molecule has 0 bridgehead atoms. The summed E-state index contributed by atoms with van der Waals surface area (Å²) in [6, 6.07) is 3.78. The van der Waals surface area contributed by atoms with Crippen molar-refractivity contribution in [2.75, 3.05) is 0 Å². The number of carbonyl (C=O) groups is 2. The molecule has 1 unspecified atom stereocenters. The fraction of sp³-hybridized carbons (Fsp3) is 0.471. The topological polar surface area (TPSA) is 86.9 Å². The number of aromatic nitrogens is 2. The van der Waals surface area contributed by atoms with Crippen molar-refractivity contribution in [2.45, 2.75) is 46.0 Å². The van der Waals surface area contributed by atoms with E-state index in [1.54, 1.807) is 6.07 Å². The van der Waals surface area contributed by atoms with E-state index in [0.717, 1.165) is 24.5 Å². The van der Waals surface area contributed by atoms with E-state index in [4.69, 9.17) is 0 Å². The molecule has 1 atom stereocenters. The van der Waals surface area contributed by atoms with Gasteiger partial charge in [0.2, 0.25) is 5.91 Å². The van der Waals surface area contributed by atoms with Gasteiger partial charge in [-0.15, -0.1) is 11.3 Å². The number of hydrogen-bond acceptors (Lipinski definition) is 4. The third-order valence-electron chi connectivity index (χ3n) is 4.40. The Labute approximate surface area is 145 Å². The lowest BCUT2D eigenvalue weighted by Crippen LogP contribution is -2.42. The second kappa shape index (κ2) is 7.17. The van der Waals surface area contributed by atoms with Crippen LogP contribution in [0.25, 0.3) is 0 Å². The number of hydrogen-bond donors (Lipinski definition) is 3. The van der Waals surface area contributed by atoms with Gasteiger partial charge in [0.15, 0.2) is 0 Å². The highest BCUT2D eigenvalue weighted by Gasteiger charge is 2.22. The van der Waals surface area contributed by atoms with Crippen LogP contribution < -0.4 is 10.9 Å². The smallest absolute Gasteiger partial charge is 0.279 e. The van der Waals surface area contributed by atoms with Gasteiger partial charge in [0.05, 0.1) is 17.0 Å². The van der Waals surface area contributed by atoms with E-state index in [1.807, 2.05) is 13.0 Å². The minimum atomic E-state index is -0.290. The average molecular weight is 346 g/mol. The molecule has 128 valence electrons. The average Bonchev–Trinajstić information content (AvgIpc) is 3.17. The van der Waals surface area contributed by atoms with Crippen LogP contribution in [0.5, 0.6) is 0 Å². The molecule has 0 saturated carbocycles. The number of aromatic amines is 1. The summed E-state index contributed by atoms with van der Waals surface area (Å²) in [5.41, 5.74) is 7.79. The molecule has 0 spiro atoms. The number of carbonyl (C=O) groups excluding carboxylic acids is 2. The molecular formula is C17H22N4O2S. The molecule has 24 heavy (non-hydrogen) atoms. The number of aryl methyl sites for hydroxylation is 2. The van der Waals surface area contributed by atoms with E-state index in [2.05, 4.69) is 28.0 Å². The molecule has 2 aromatic rings. The molecule has 3 N–H and O–H groups in total. The summed E-state index contributed by atoms with van der Waals surface area (Å²) in [4.78, 5) is 26.1. The number of hydrazine groups is 1. The highest BCUT2D eigenvalue weighted by Crippen LogP contribution is 2.33. The van der Waals surface area contributed by atoms with Crippen molar-refractivity contribution in [3.63, 3.8) is 0 Å². The first-order valence-electron chi connectivity index (χ1n) is 8.26. The molecule has 0 fully saturated rings. The van der Waals surface area contributed by atoms with E-state index in [-0.39, 0.29) is 18.2 Å². The summed E-state index contributed by atoms with van der Waals surface area (Å²) in [5.74, 6) is 0.177. The number of fused-ring (bicyclic) bond motifs is 1. The van der Waals surface area contributed by atoms with E-state index in [0.29, 0.717) is 10.6 Å². The van der Waals surface area contributed by atoms with E-state index in [1.165, 1.54) is 34.6 Å². The highest BCUT2D eigenvalue weighted by molar-refractivity contribution is 7.14. The monoisotopic (exact) mass is 346 g/mol. The molecule has 0 saturated heterocycles. The molecular weight excluding hydrogens is 324 g/mol. The fourth-order valence-electron chi connectivity index (χ4n) is 3.02. The van der Waals surface area contributed by atoms with Gasteiger partial charge in [-0.25, -0.2) is 0 Å². The lowest BCUT2D eigenvalue weighted by atomic mass is 9.87. The number of nitrogens with zero attached hydrogens (tertiary/aromatic N) is 1. The van der Waals surface area contributed by atoms with E-state index >= 15 is 0 Å². The van der Waals surface area contributed by atoms with Crippen molar-refractivity contribution in [1.82, 2.24) is 21.0 Å². The van der Waals surface area contributed by atoms with Crippen LogP contribution in [0, 0.1) is 12.8 Å². The van der Waals surface area contributed by atoms with Gasteiger partial charge < -0.3 is 0 Å². The molecule has 6 nitrogen and oxygen atoms in total. The zero-order chi connectivity index (χ0) is 17.1. The predicted octanol–water partition coefficient (Wildman–Crippen LogP) is 2.30. The van der Waals surface area contributed by atoms with Crippen LogP contribution in [0.4, 0.5) is 0 Å². The fourth-order valence-corrected chi connectivity index (χ4v) is 4.12. The predicted molar refractivity (Wildman–Crippen MR) is 92.8 cm³/mol. The third-order valence-corrected chi connectivity index (χ3v) is 5.64. The van der Waals surface area contributed by atoms with Crippen LogP contribution in [0.2, 0.25) is 0 Å². The Balaban J connectivity index is 1.54. The quantitative estimate of drug-likeness (QED) is 0.743. The zero-order valence-corrected chi connectivity index (χ0v) is 14.8. The maximum absolute atomic E-state index is 12.2. The minimum Gasteiger partial charge on any atom is -0.283 e. The van der Waals surface area contributed by atoms with Crippen molar-refractivity contribution in [3.05, 3.63) is 38.8 Å². The molecule has 1 aliphatic carbocycles. The zero-order valence-electron chi connectivity index (χ0n) is 13.9. The number of H-pyrrole nitrogens is 1. The molecule has 2 aromatic heterocycles. The summed E-state index contributed by atoms with van der Waals surface area (Å²) in [5, 5.41) is 6.79. The Morgan fingerprint density at radius 1 is 1.38 bits per heavy atom. The minimum absolute atomic E-state index is 0.129. The SMILES string of the molecule is CCC1CCc2sc(C(=O)NNC(=O)Cc3cc(C)[nH]n3)cc2C1. The van der Waals surface area contributed by atoms with E-state index < -0.39 is 0 Å². The van der Waals surface area contributed by atoms with Crippen molar-refractivity contribution in [2.24, 2.45) is 5.92 Å². The molecule has 2 amide bonds. The van der Waals surface area contributed by atoms with Gasteiger partial charge in [-0.1, -0.05) is 13.3 Å². The highest BCUT2D eigenvalue weighted by atomic mass is 32.1. The first-order chi connectivity index (χ1) is 11.5. The van der Waals surface area contributed by atoms with Gasteiger partial charge in [0.25, 0.3) is 5.91 Å². The van der Waals surface area contributed by atoms with Gasteiger partial charge >= 0.3 is 0 Å². The van der Waals surface area contributed by atoms with Gasteiger partial charge in [0, 0.05) is 10.6 Å². The summed E-state index contributed by atoms with van der Waals surface area (Å²) in [7, 11) is 0. The van der Waals surface area contributed by atoms with Gasteiger partial charge in [-0.2, -0.15) is 5.10 Å². The maximum Gasteiger partial charge on any atom is 0.279 e. The van der Waals surface area contributed by atoms with Gasteiger partial charge in [0.1, 0.15) is 0 Å². The van der Waals surface area contributed by atoms with Crippen molar-refractivity contribution < 1.29 is 9.59 Å². The molecule has 1 aliphatic rings. The first kappa shape index (κ1) is 16.7. The number of thiophene rings is 1. The van der Waals surface area contributed by atoms with Gasteiger partial charge in [-0.3, -0.25) is 25.5 Å². The van der Waals surface area contributed by atoms with E-state index in [9.17, 15) is 9.59 Å². The molecule has 0 aromatic carbocycles. The number of rotatable bonds is 4. The molecule has 3 rings (SSSR count). The lowest BCUT2D eigenvalue weighted by Gasteiger charge is -2.19. The standard InChI is InChI=1S/C17H22N4O2S/c1-3-11-4-5-14-12(7-11)8-15(24-14)17(23)21-20-16(22)9-13-6-10(2)18-19-13/h6,8,11H,3-5,7,9H2,1-2H3,(H,18,19)(H,20,22)(H,21,23). The van der Waals surface area contributed by atoms with Crippen LogP contribution in [0.1, 0.15) is 51.3 Å². The Bertz CT molecular complexity index is 750. The van der Waals surface area contributed by atoms with Crippen LogP contribution in [-0.2, 0) is 24.1 Å². The van der Waals surface area contributed by atoms with Gasteiger partial charge in [-0.05, 0) is 49.8 Å². The van der Waals surface area contributed by atoms with Crippen LogP contribution in [0.3, 0.4) is 0 Å². The Hall–Kier alpha value is -2.15. The Kier molecular flexibility index (Phi) is 4.99. The molecule has 7 heteroatoms. The number of amides is 2. The summed E-state index contributed by atoms with van der Waals surface area (Å²) < 4.78 is 0. The second-order valence-corrected chi connectivity index (χ2v) is 7.43. The van der Waals surface area contributed by atoms with Crippen molar-refractivity contribution in [3.8, 4) is 0 Å². The summed E-state index contributed by atoms with van der Waals surface area (Å²) >= 11 is 1.53.